The first-order valence-electron chi connectivity index (χ1n) is 22.8. The van der Waals surface area contributed by atoms with Gasteiger partial charge in [-0.2, -0.15) is 5.10 Å². The van der Waals surface area contributed by atoms with Crippen molar-refractivity contribution in [1.82, 2.24) is 39.8 Å². The van der Waals surface area contributed by atoms with E-state index in [1.165, 1.54) is 50.8 Å². The third-order valence-corrected chi connectivity index (χ3v) is 13.6. The Balaban J connectivity index is 0.726. The summed E-state index contributed by atoms with van der Waals surface area (Å²) in [7, 11) is 0. The molecule has 4 aliphatic rings. The average molecular weight is 861 g/mol. The minimum atomic E-state index is -0.336. The summed E-state index contributed by atoms with van der Waals surface area (Å²) in [5.74, 6) is 4.09. The number of benzene rings is 3. The summed E-state index contributed by atoms with van der Waals surface area (Å²) in [5.41, 5.74) is 12.6. The van der Waals surface area contributed by atoms with Crippen LogP contribution in [0.4, 0.5) is 27.8 Å². The fraction of sp³-hybridized carbons (Fsp3) is 0.388. The molecule has 6 heterocycles. The van der Waals surface area contributed by atoms with Crippen LogP contribution in [-0.4, -0.2) is 118 Å². The van der Waals surface area contributed by atoms with Crippen molar-refractivity contribution in [3.05, 3.63) is 103 Å². The molecule has 3 aliphatic heterocycles. The summed E-state index contributed by atoms with van der Waals surface area (Å²) in [6.07, 6.45) is 8.98. The van der Waals surface area contributed by atoms with Gasteiger partial charge >= 0.3 is 6.03 Å². The molecule has 6 aromatic rings. The van der Waals surface area contributed by atoms with Gasteiger partial charge in [0.2, 0.25) is 5.91 Å². The predicted octanol–water partition coefficient (Wildman–Crippen LogP) is 6.76. The maximum Gasteiger partial charge on any atom is 0.328 e. The Morgan fingerprint density at radius 3 is 2.05 bits per heavy atom. The van der Waals surface area contributed by atoms with E-state index in [1.807, 2.05) is 66.9 Å². The van der Waals surface area contributed by atoms with Crippen LogP contribution >= 0.6 is 0 Å². The molecule has 3 N–H and O–H groups in total. The number of urea groups is 1. The van der Waals surface area contributed by atoms with Gasteiger partial charge in [-0.05, 0) is 104 Å². The number of para-hydroxylation sites is 1. The van der Waals surface area contributed by atoms with E-state index >= 15 is 0 Å². The van der Waals surface area contributed by atoms with Crippen LogP contribution in [0.1, 0.15) is 37.7 Å². The molecule has 64 heavy (non-hydrogen) atoms. The number of nitrogens with two attached hydrogens (primary N) is 1. The number of aromatic nitrogens is 5. The van der Waals surface area contributed by atoms with Crippen LogP contribution in [0.2, 0.25) is 0 Å². The second-order valence-corrected chi connectivity index (χ2v) is 17.6. The predicted molar refractivity (Wildman–Crippen MR) is 250 cm³/mol. The monoisotopic (exact) mass is 860 g/mol. The van der Waals surface area contributed by atoms with Crippen LogP contribution in [-0.2, 0) is 4.79 Å². The van der Waals surface area contributed by atoms with Crippen molar-refractivity contribution in [2.24, 2.45) is 11.8 Å². The zero-order valence-electron chi connectivity index (χ0n) is 36.5. The van der Waals surface area contributed by atoms with Gasteiger partial charge in [-0.15, -0.1) is 0 Å². The van der Waals surface area contributed by atoms with Gasteiger partial charge in [-0.1, -0.05) is 31.0 Å². The van der Waals surface area contributed by atoms with Gasteiger partial charge < -0.3 is 20.3 Å². The molecule has 0 bridgehead atoms. The Kier molecular flexibility index (Phi) is 11.8. The number of ether oxygens (including phenoxy) is 1. The van der Waals surface area contributed by atoms with Gasteiger partial charge in [0, 0.05) is 95.4 Å². The number of rotatable bonds is 11. The summed E-state index contributed by atoms with van der Waals surface area (Å²) in [6.45, 7) is 12.9. The van der Waals surface area contributed by atoms with E-state index in [1.54, 1.807) is 9.58 Å². The third-order valence-electron chi connectivity index (χ3n) is 13.6. The molecular weight excluding hydrogens is 805 g/mol. The minimum absolute atomic E-state index is 0.210. The van der Waals surface area contributed by atoms with Crippen molar-refractivity contribution in [3.8, 4) is 28.4 Å². The Morgan fingerprint density at radius 2 is 1.39 bits per heavy atom. The smallest absolute Gasteiger partial charge is 0.328 e. The molecule has 15 heteroatoms. The number of aryl methyl sites for hydroxylation is 1. The quantitative estimate of drug-likeness (QED) is 0.142. The Morgan fingerprint density at radius 1 is 0.719 bits per heavy atom. The highest BCUT2D eigenvalue weighted by atomic mass is 16.5. The number of imide groups is 1. The SMILES string of the molecule is Cc1cc(N2CCN(C[C@@H]3CCCC[C@H]3CN3CCN(c4ccc(-n5nc(-c6ccc(Oc7ccccc7)cc6)c6c(N)ncnc65)cn4)CC3)CC2)ccc1N1CCC(=O)NC1=O. The van der Waals surface area contributed by atoms with Crippen LogP contribution in [0.5, 0.6) is 11.5 Å². The van der Waals surface area contributed by atoms with E-state index < -0.39 is 0 Å². The van der Waals surface area contributed by atoms with Crippen LogP contribution in [0.25, 0.3) is 28.0 Å². The van der Waals surface area contributed by atoms with Gasteiger partial charge in [-0.25, -0.2) is 24.4 Å². The van der Waals surface area contributed by atoms with Gasteiger partial charge in [0.1, 0.15) is 35.2 Å². The van der Waals surface area contributed by atoms with E-state index in [9.17, 15) is 9.59 Å². The number of hydrogen-bond donors (Lipinski definition) is 2. The summed E-state index contributed by atoms with van der Waals surface area (Å²) in [6, 6.07) is 27.7. The normalized spacial score (nSPS) is 20.2. The van der Waals surface area contributed by atoms with E-state index in [2.05, 4.69) is 66.1 Å². The molecule has 0 spiro atoms. The number of amides is 3. The van der Waals surface area contributed by atoms with E-state index in [-0.39, 0.29) is 11.9 Å². The maximum atomic E-state index is 12.5. The number of pyridine rings is 1. The first-order chi connectivity index (χ1) is 31.3. The van der Waals surface area contributed by atoms with Gasteiger partial charge in [-0.3, -0.25) is 24.8 Å². The molecule has 15 nitrogen and oxygen atoms in total. The fourth-order valence-corrected chi connectivity index (χ4v) is 10.1. The first-order valence-corrected chi connectivity index (χ1v) is 22.8. The molecule has 0 unspecified atom stereocenters. The number of nitrogen functional groups attached to an aromatic ring is 1. The highest BCUT2D eigenvalue weighted by molar-refractivity contribution is 6.06. The van der Waals surface area contributed by atoms with Crippen molar-refractivity contribution < 1.29 is 14.3 Å². The second-order valence-electron chi connectivity index (χ2n) is 17.6. The highest BCUT2D eigenvalue weighted by Crippen LogP contribution is 2.35. The molecule has 4 fully saturated rings. The molecule has 0 radical (unpaired) electrons. The van der Waals surface area contributed by atoms with Gasteiger partial charge in [0.05, 0.1) is 17.3 Å². The third kappa shape index (κ3) is 8.82. The summed E-state index contributed by atoms with van der Waals surface area (Å²) in [4.78, 5) is 49.9. The number of carbonyl (C=O) groups excluding carboxylic acids is 2. The molecular formula is C49H56N12O3. The van der Waals surface area contributed by atoms with Crippen molar-refractivity contribution in [2.75, 3.05) is 92.4 Å². The number of piperazine rings is 2. The van der Waals surface area contributed by atoms with Crippen LogP contribution < -0.4 is 30.5 Å². The molecule has 3 aromatic carbocycles. The molecule has 3 saturated heterocycles. The van der Waals surface area contributed by atoms with E-state index in [0.29, 0.717) is 35.5 Å². The lowest BCUT2D eigenvalue weighted by Gasteiger charge is -2.43. The molecule has 1 saturated carbocycles. The fourth-order valence-electron chi connectivity index (χ4n) is 10.1. The van der Waals surface area contributed by atoms with Crippen molar-refractivity contribution >= 4 is 46.0 Å². The number of fused-ring (bicyclic) bond motifs is 1. The molecule has 3 amide bonds. The topological polar surface area (TPSA) is 154 Å². The standard InChI is InChI=1S/C49H56N12O3/c1-34-29-38(13-17-42(34)60-20-19-44(62)54-49(60)63)58-25-21-56(22-26-58)31-36-7-5-6-8-37(36)32-57-23-27-59(28-24-57)43-18-14-39(30-51-43)61-48-45(47(50)52-33-53-48)46(55-61)35-11-15-41(16-12-35)64-40-9-3-2-4-10-40/h2-4,9-18,29-30,33,36-37H,5-8,19-28,31-32H2,1H3,(H2,50,52,53)(H,54,62,63)/t36-,37-/m0/s1. The largest absolute Gasteiger partial charge is 0.457 e. The second kappa shape index (κ2) is 18.3. The average Bonchev–Trinajstić information content (AvgIpc) is 3.72. The van der Waals surface area contributed by atoms with Crippen LogP contribution in [0.3, 0.4) is 0 Å². The van der Waals surface area contributed by atoms with Crippen LogP contribution in [0, 0.1) is 18.8 Å². The molecule has 10 rings (SSSR count). The van der Waals surface area contributed by atoms with Crippen molar-refractivity contribution in [1.29, 1.82) is 0 Å². The maximum absolute atomic E-state index is 12.5. The van der Waals surface area contributed by atoms with Crippen molar-refractivity contribution in [3.63, 3.8) is 0 Å². The van der Waals surface area contributed by atoms with Gasteiger partial charge in [0.15, 0.2) is 5.65 Å². The first kappa shape index (κ1) is 41.4. The van der Waals surface area contributed by atoms with Gasteiger partial charge in [0.25, 0.3) is 0 Å². The number of hydrogen-bond acceptors (Lipinski definition) is 12. The summed E-state index contributed by atoms with van der Waals surface area (Å²) < 4.78 is 7.82. The molecule has 3 aromatic heterocycles. The highest BCUT2D eigenvalue weighted by Gasteiger charge is 2.32. The van der Waals surface area contributed by atoms with E-state index in [4.69, 9.17) is 20.6 Å². The lowest BCUT2D eigenvalue weighted by Crippen LogP contribution is -2.51. The van der Waals surface area contributed by atoms with E-state index in [0.717, 1.165) is 104 Å². The summed E-state index contributed by atoms with van der Waals surface area (Å²) >= 11 is 0. The zero-order valence-corrected chi connectivity index (χ0v) is 36.5. The van der Waals surface area contributed by atoms with Crippen LogP contribution in [0.15, 0.2) is 97.5 Å². The molecule has 330 valence electrons. The number of nitrogens with zero attached hydrogens (tertiary/aromatic N) is 10. The Hall–Kier alpha value is -6.58. The summed E-state index contributed by atoms with van der Waals surface area (Å²) in [5, 5.41) is 8.14. The zero-order chi connectivity index (χ0) is 43.6. The minimum Gasteiger partial charge on any atom is -0.457 e. The number of carbonyl (C=O) groups is 2. The number of nitrogens with one attached hydrogen (secondary N) is 1. The lowest BCUT2D eigenvalue weighted by atomic mass is 9.78. The Labute approximate surface area is 373 Å². The molecule has 2 atom stereocenters. The number of anilines is 4. The van der Waals surface area contributed by atoms with Crippen molar-refractivity contribution in [2.45, 2.75) is 39.0 Å². The molecule has 1 aliphatic carbocycles. The Bertz CT molecular complexity index is 2590. The lowest BCUT2D eigenvalue weighted by molar-refractivity contribution is -0.120.